The Bertz CT molecular complexity index is 708. The molecule has 100 valence electrons. The molecule has 1 N–H and O–H groups in total. The second-order valence-electron chi connectivity index (χ2n) is 3.73. The molecular formula is C13H6Cl2FN3O. The van der Waals surface area contributed by atoms with Gasteiger partial charge < -0.3 is 5.32 Å². The van der Waals surface area contributed by atoms with Crippen LogP contribution < -0.4 is 5.32 Å². The quantitative estimate of drug-likeness (QED) is 0.861. The van der Waals surface area contributed by atoms with E-state index in [2.05, 4.69) is 10.3 Å². The first-order chi connectivity index (χ1) is 9.51. The van der Waals surface area contributed by atoms with Gasteiger partial charge in [-0.1, -0.05) is 29.3 Å². The van der Waals surface area contributed by atoms with Gasteiger partial charge in [0.05, 0.1) is 5.69 Å². The minimum Gasteiger partial charge on any atom is -0.321 e. The zero-order chi connectivity index (χ0) is 14.7. The number of aromatic nitrogens is 1. The number of carbonyl (C=O) groups excluding carboxylic acids is 1. The molecule has 2 aromatic rings. The Morgan fingerprint density at radius 3 is 2.55 bits per heavy atom. The maximum absolute atomic E-state index is 13.4. The van der Waals surface area contributed by atoms with Crippen LogP contribution in [0.2, 0.25) is 10.3 Å². The fourth-order valence-corrected chi connectivity index (χ4v) is 1.99. The number of carbonyl (C=O) groups is 1. The fourth-order valence-electron chi connectivity index (χ4n) is 1.53. The number of nitriles is 1. The average Bonchev–Trinajstić information content (AvgIpc) is 2.37. The molecule has 4 nitrogen and oxygen atoms in total. The highest BCUT2D eigenvalue weighted by Gasteiger charge is 2.13. The van der Waals surface area contributed by atoms with Gasteiger partial charge in [0.1, 0.15) is 27.8 Å². The van der Waals surface area contributed by atoms with Crippen LogP contribution in [0.1, 0.15) is 15.9 Å². The summed E-state index contributed by atoms with van der Waals surface area (Å²) in [6.07, 6.45) is 0. The summed E-state index contributed by atoms with van der Waals surface area (Å²) >= 11 is 11.4. The Morgan fingerprint density at radius 1 is 1.30 bits per heavy atom. The van der Waals surface area contributed by atoms with Crippen LogP contribution >= 0.6 is 23.2 Å². The fraction of sp³-hybridized carbons (Fsp3) is 0. The molecule has 0 saturated carbocycles. The van der Waals surface area contributed by atoms with E-state index < -0.39 is 11.7 Å². The Balaban J connectivity index is 2.33. The molecule has 1 aromatic carbocycles. The highest BCUT2D eigenvalue weighted by atomic mass is 35.5. The van der Waals surface area contributed by atoms with Crippen molar-refractivity contribution in [2.45, 2.75) is 0 Å². The Labute approximate surface area is 123 Å². The number of halogens is 3. The van der Waals surface area contributed by atoms with Crippen LogP contribution in [0, 0.1) is 17.1 Å². The summed E-state index contributed by atoms with van der Waals surface area (Å²) in [6, 6.07) is 8.26. The van der Waals surface area contributed by atoms with Crippen LogP contribution in [0.15, 0.2) is 30.3 Å². The zero-order valence-corrected chi connectivity index (χ0v) is 11.3. The van der Waals surface area contributed by atoms with Crippen molar-refractivity contribution in [3.05, 3.63) is 57.6 Å². The number of nitrogens with zero attached hydrogens (tertiary/aromatic N) is 2. The molecule has 0 aliphatic carbocycles. The van der Waals surface area contributed by atoms with E-state index in [0.717, 1.165) is 6.07 Å². The molecule has 1 amide bonds. The van der Waals surface area contributed by atoms with Crippen molar-refractivity contribution >= 4 is 34.8 Å². The van der Waals surface area contributed by atoms with Crippen molar-refractivity contribution in [2.24, 2.45) is 0 Å². The van der Waals surface area contributed by atoms with Crippen molar-refractivity contribution in [2.75, 3.05) is 5.32 Å². The molecule has 0 fully saturated rings. The first kappa shape index (κ1) is 14.3. The normalized spacial score (nSPS) is 9.90. The van der Waals surface area contributed by atoms with Gasteiger partial charge in [-0.2, -0.15) is 5.26 Å². The lowest BCUT2D eigenvalue weighted by Gasteiger charge is -2.08. The molecule has 0 unspecified atom stereocenters. The van der Waals surface area contributed by atoms with Gasteiger partial charge in [0.2, 0.25) is 0 Å². The summed E-state index contributed by atoms with van der Waals surface area (Å²) in [7, 11) is 0. The van der Waals surface area contributed by atoms with E-state index in [1.165, 1.54) is 24.3 Å². The number of rotatable bonds is 2. The van der Waals surface area contributed by atoms with E-state index >= 15 is 0 Å². The van der Waals surface area contributed by atoms with Crippen LogP contribution in [0.4, 0.5) is 10.1 Å². The van der Waals surface area contributed by atoms with Crippen molar-refractivity contribution in [1.29, 1.82) is 5.26 Å². The molecular weight excluding hydrogens is 304 g/mol. The molecule has 0 radical (unpaired) electrons. The molecule has 1 heterocycles. The molecule has 0 saturated heterocycles. The van der Waals surface area contributed by atoms with Crippen LogP contribution in [0.5, 0.6) is 0 Å². The second-order valence-corrected chi connectivity index (χ2v) is 4.50. The number of pyridine rings is 1. The predicted molar refractivity (Wildman–Crippen MR) is 73.3 cm³/mol. The van der Waals surface area contributed by atoms with Gasteiger partial charge in [0, 0.05) is 5.56 Å². The van der Waals surface area contributed by atoms with Crippen molar-refractivity contribution in [3.8, 4) is 6.07 Å². The monoisotopic (exact) mass is 309 g/mol. The van der Waals surface area contributed by atoms with Gasteiger partial charge in [0.25, 0.3) is 5.91 Å². The van der Waals surface area contributed by atoms with Gasteiger partial charge >= 0.3 is 0 Å². The molecule has 20 heavy (non-hydrogen) atoms. The van der Waals surface area contributed by atoms with Crippen LogP contribution in [-0.2, 0) is 0 Å². The Morgan fingerprint density at radius 2 is 1.95 bits per heavy atom. The lowest BCUT2D eigenvalue weighted by Crippen LogP contribution is -2.13. The molecule has 0 atom stereocenters. The van der Waals surface area contributed by atoms with Gasteiger partial charge in [-0.05, 0) is 24.3 Å². The highest BCUT2D eigenvalue weighted by Crippen LogP contribution is 2.20. The van der Waals surface area contributed by atoms with E-state index in [9.17, 15) is 9.18 Å². The maximum Gasteiger partial charge on any atom is 0.255 e. The second kappa shape index (κ2) is 5.87. The zero-order valence-electron chi connectivity index (χ0n) is 9.82. The molecule has 0 bridgehead atoms. The van der Waals surface area contributed by atoms with Crippen LogP contribution in [-0.4, -0.2) is 10.9 Å². The third-order valence-corrected chi connectivity index (χ3v) is 2.79. The first-order valence-corrected chi connectivity index (χ1v) is 6.10. The Hall–Kier alpha value is -2.16. The van der Waals surface area contributed by atoms with E-state index in [4.69, 9.17) is 28.5 Å². The maximum atomic E-state index is 13.4. The number of nitrogens with one attached hydrogen (secondary N) is 1. The number of hydrogen-bond donors (Lipinski definition) is 1. The van der Waals surface area contributed by atoms with E-state index in [1.54, 1.807) is 6.07 Å². The van der Waals surface area contributed by atoms with Crippen molar-refractivity contribution < 1.29 is 9.18 Å². The van der Waals surface area contributed by atoms with Crippen LogP contribution in [0.3, 0.4) is 0 Å². The number of anilines is 1. The summed E-state index contributed by atoms with van der Waals surface area (Å²) in [5.41, 5.74) is -0.0168. The lowest BCUT2D eigenvalue weighted by molar-refractivity contribution is 0.102. The van der Waals surface area contributed by atoms with Crippen molar-refractivity contribution in [1.82, 2.24) is 4.98 Å². The first-order valence-electron chi connectivity index (χ1n) is 5.34. The highest BCUT2D eigenvalue weighted by molar-refractivity contribution is 6.33. The van der Waals surface area contributed by atoms with Crippen LogP contribution in [0.25, 0.3) is 0 Å². The Kier molecular flexibility index (Phi) is 4.18. The summed E-state index contributed by atoms with van der Waals surface area (Å²) in [4.78, 5) is 15.7. The predicted octanol–water partition coefficient (Wildman–Crippen LogP) is 3.65. The smallest absolute Gasteiger partial charge is 0.255 e. The minimum absolute atomic E-state index is 0.0578. The standard InChI is InChI=1S/C13H6Cl2FN3O/c14-11-4-7(5-12(15)19-11)13(20)18-10-3-1-2-9(16)8(10)6-17/h1-5H,(H,18,20). The molecule has 0 aliphatic rings. The van der Waals surface area contributed by atoms with E-state index in [0.29, 0.717) is 0 Å². The molecule has 1 aromatic heterocycles. The van der Waals surface area contributed by atoms with Gasteiger partial charge in [0.15, 0.2) is 0 Å². The minimum atomic E-state index is -0.712. The summed E-state index contributed by atoms with van der Waals surface area (Å²) in [5.74, 6) is -1.28. The average molecular weight is 310 g/mol. The number of benzene rings is 1. The SMILES string of the molecule is N#Cc1c(F)cccc1NC(=O)c1cc(Cl)nc(Cl)c1. The van der Waals surface area contributed by atoms with Gasteiger partial charge in [-0.25, -0.2) is 9.37 Å². The summed E-state index contributed by atoms with van der Waals surface area (Å²) in [5, 5.41) is 11.4. The van der Waals surface area contributed by atoms with E-state index in [1.807, 2.05) is 0 Å². The molecule has 7 heteroatoms. The lowest BCUT2D eigenvalue weighted by atomic mass is 10.1. The number of hydrogen-bond acceptors (Lipinski definition) is 3. The molecule has 0 aliphatic heterocycles. The van der Waals surface area contributed by atoms with Gasteiger partial charge in [-0.3, -0.25) is 4.79 Å². The number of amides is 1. The largest absolute Gasteiger partial charge is 0.321 e. The van der Waals surface area contributed by atoms with E-state index in [-0.39, 0.29) is 27.1 Å². The third-order valence-electron chi connectivity index (χ3n) is 2.40. The third kappa shape index (κ3) is 3.05. The molecule has 0 spiro atoms. The summed E-state index contributed by atoms with van der Waals surface area (Å²) in [6.45, 7) is 0. The molecule has 2 rings (SSSR count). The van der Waals surface area contributed by atoms with Crippen molar-refractivity contribution in [3.63, 3.8) is 0 Å². The summed E-state index contributed by atoms with van der Waals surface area (Å²) < 4.78 is 13.4. The van der Waals surface area contributed by atoms with Gasteiger partial charge in [-0.15, -0.1) is 0 Å². The topological polar surface area (TPSA) is 65.8 Å².